The zero-order chi connectivity index (χ0) is 24.1. The van der Waals surface area contributed by atoms with Crippen molar-refractivity contribution in [3.8, 4) is 11.1 Å². The van der Waals surface area contributed by atoms with Gasteiger partial charge in [0.25, 0.3) is 0 Å². The van der Waals surface area contributed by atoms with E-state index in [0.717, 1.165) is 82.3 Å². The molecule has 0 amide bonds. The topological polar surface area (TPSA) is 39.4 Å². The molecular formula is C34H18O3. The van der Waals surface area contributed by atoms with Crippen LogP contribution in [-0.2, 0) is 0 Å². The summed E-state index contributed by atoms with van der Waals surface area (Å²) in [5, 5.41) is 9.03. The molecule has 0 radical (unpaired) electrons. The molecular weight excluding hydrogens is 456 g/mol. The van der Waals surface area contributed by atoms with Crippen LogP contribution < -0.4 is 0 Å². The molecule has 9 aromatic rings. The predicted octanol–water partition coefficient (Wildman–Crippen LogP) is 10.2. The average molecular weight is 475 g/mol. The fourth-order valence-electron chi connectivity index (χ4n) is 5.88. The van der Waals surface area contributed by atoms with E-state index in [4.69, 9.17) is 13.3 Å². The standard InChI is InChI=1S/C34H18O3/c1-4-11-30-23(6-1)26-9-5-8-22(34(26)37-30)19-12-13-25-28-15-20-14-27-24-7-2-3-10-29(24)35-32(27)17-21(20)18-33(28)36-31(25)16-19/h1-18H. The number of rotatable bonds is 1. The van der Waals surface area contributed by atoms with Crippen LogP contribution in [0.1, 0.15) is 0 Å². The van der Waals surface area contributed by atoms with E-state index in [0.29, 0.717) is 0 Å². The zero-order valence-corrected chi connectivity index (χ0v) is 19.6. The van der Waals surface area contributed by atoms with Crippen molar-refractivity contribution in [2.45, 2.75) is 0 Å². The third-order valence-electron chi connectivity index (χ3n) is 7.64. The molecule has 0 bridgehead atoms. The monoisotopic (exact) mass is 474 g/mol. The summed E-state index contributed by atoms with van der Waals surface area (Å²) < 4.78 is 18.8. The first kappa shape index (κ1) is 19.2. The number of fused-ring (bicyclic) bond motifs is 10. The van der Waals surface area contributed by atoms with Crippen molar-refractivity contribution in [1.29, 1.82) is 0 Å². The minimum absolute atomic E-state index is 0.866. The molecule has 0 aliphatic carbocycles. The lowest BCUT2D eigenvalue weighted by molar-refractivity contribution is 0.668. The van der Waals surface area contributed by atoms with Crippen molar-refractivity contribution in [1.82, 2.24) is 0 Å². The van der Waals surface area contributed by atoms with Gasteiger partial charge in [-0.3, -0.25) is 0 Å². The molecule has 0 aliphatic heterocycles. The predicted molar refractivity (Wildman–Crippen MR) is 151 cm³/mol. The zero-order valence-electron chi connectivity index (χ0n) is 19.6. The second-order valence-corrected chi connectivity index (χ2v) is 9.74. The van der Waals surface area contributed by atoms with E-state index >= 15 is 0 Å². The van der Waals surface area contributed by atoms with E-state index in [2.05, 4.69) is 78.9 Å². The second kappa shape index (κ2) is 6.80. The lowest BCUT2D eigenvalue weighted by atomic mass is 10.00. The summed E-state index contributed by atoms with van der Waals surface area (Å²) in [7, 11) is 0. The smallest absolute Gasteiger partial charge is 0.143 e. The summed E-state index contributed by atoms with van der Waals surface area (Å²) in [6.45, 7) is 0. The average Bonchev–Trinajstić information content (AvgIpc) is 3.60. The summed E-state index contributed by atoms with van der Waals surface area (Å²) in [5.74, 6) is 0. The summed E-state index contributed by atoms with van der Waals surface area (Å²) in [4.78, 5) is 0. The minimum Gasteiger partial charge on any atom is -0.456 e. The number of furan rings is 3. The molecule has 3 nitrogen and oxygen atoms in total. The van der Waals surface area contributed by atoms with Crippen molar-refractivity contribution in [2.75, 3.05) is 0 Å². The Kier molecular flexibility index (Phi) is 3.53. The molecule has 0 saturated carbocycles. The van der Waals surface area contributed by atoms with Gasteiger partial charge in [0, 0.05) is 37.9 Å². The van der Waals surface area contributed by atoms with Crippen LogP contribution in [-0.4, -0.2) is 0 Å². The van der Waals surface area contributed by atoms with Gasteiger partial charge in [0.2, 0.25) is 0 Å². The molecule has 0 atom stereocenters. The Morgan fingerprint density at radius 2 is 0.919 bits per heavy atom. The van der Waals surface area contributed by atoms with Crippen molar-refractivity contribution >= 4 is 76.6 Å². The Labute approximate surface area is 210 Å². The first-order chi connectivity index (χ1) is 18.3. The highest BCUT2D eigenvalue weighted by molar-refractivity contribution is 6.16. The molecule has 6 aromatic carbocycles. The Bertz CT molecular complexity index is 2360. The molecule has 0 unspecified atom stereocenters. The van der Waals surface area contributed by atoms with Crippen LogP contribution in [0.2, 0.25) is 0 Å². The second-order valence-electron chi connectivity index (χ2n) is 9.74. The first-order valence-electron chi connectivity index (χ1n) is 12.4. The van der Waals surface area contributed by atoms with Gasteiger partial charge >= 0.3 is 0 Å². The van der Waals surface area contributed by atoms with E-state index in [-0.39, 0.29) is 0 Å². The summed E-state index contributed by atoms with van der Waals surface area (Å²) in [6, 6.07) is 37.9. The molecule has 3 heterocycles. The van der Waals surface area contributed by atoms with Crippen LogP contribution in [0.3, 0.4) is 0 Å². The molecule has 37 heavy (non-hydrogen) atoms. The molecule has 0 spiro atoms. The normalized spacial score (nSPS) is 12.3. The molecule has 0 aliphatic rings. The fourth-order valence-corrected chi connectivity index (χ4v) is 5.88. The quantitative estimate of drug-likeness (QED) is 0.238. The SMILES string of the molecule is c1ccc2c(c1)oc1cc3cc4oc5cc(-c6cccc7c6oc6ccccc67)ccc5c4cc3cc12. The van der Waals surface area contributed by atoms with Gasteiger partial charge in [-0.15, -0.1) is 0 Å². The Balaban J connectivity index is 1.27. The van der Waals surface area contributed by atoms with Crippen LogP contribution in [0, 0.1) is 0 Å². The van der Waals surface area contributed by atoms with Crippen LogP contribution in [0.5, 0.6) is 0 Å². The summed E-state index contributed by atoms with van der Waals surface area (Å²) in [6.07, 6.45) is 0. The number of hydrogen-bond acceptors (Lipinski definition) is 3. The third kappa shape index (κ3) is 2.60. The highest BCUT2D eigenvalue weighted by Gasteiger charge is 2.15. The first-order valence-corrected chi connectivity index (χ1v) is 12.4. The summed E-state index contributed by atoms with van der Waals surface area (Å²) >= 11 is 0. The maximum absolute atomic E-state index is 6.40. The number of hydrogen-bond donors (Lipinski definition) is 0. The van der Waals surface area contributed by atoms with Crippen LogP contribution in [0.15, 0.2) is 122 Å². The van der Waals surface area contributed by atoms with Gasteiger partial charge in [-0.1, -0.05) is 60.7 Å². The molecule has 9 rings (SSSR count). The van der Waals surface area contributed by atoms with E-state index in [1.165, 1.54) is 5.39 Å². The van der Waals surface area contributed by atoms with Gasteiger partial charge in [-0.05, 0) is 64.9 Å². The minimum atomic E-state index is 0.866. The molecule has 0 saturated heterocycles. The van der Waals surface area contributed by atoms with Crippen LogP contribution in [0.4, 0.5) is 0 Å². The molecule has 172 valence electrons. The van der Waals surface area contributed by atoms with Gasteiger partial charge in [0.1, 0.15) is 33.5 Å². The highest BCUT2D eigenvalue weighted by Crippen LogP contribution is 2.40. The fraction of sp³-hybridized carbons (Fsp3) is 0. The van der Waals surface area contributed by atoms with Crippen molar-refractivity contribution in [2.24, 2.45) is 0 Å². The van der Waals surface area contributed by atoms with E-state index < -0.39 is 0 Å². The third-order valence-corrected chi connectivity index (χ3v) is 7.64. The lowest BCUT2D eigenvalue weighted by Crippen LogP contribution is -1.79. The molecule has 3 heteroatoms. The molecule has 0 N–H and O–H groups in total. The Morgan fingerprint density at radius 1 is 0.351 bits per heavy atom. The highest BCUT2D eigenvalue weighted by atomic mass is 16.3. The van der Waals surface area contributed by atoms with Gasteiger partial charge in [-0.2, -0.15) is 0 Å². The van der Waals surface area contributed by atoms with Gasteiger partial charge in [0.15, 0.2) is 0 Å². The molecule has 0 fully saturated rings. The maximum Gasteiger partial charge on any atom is 0.143 e. The van der Waals surface area contributed by atoms with Crippen molar-refractivity contribution in [3.63, 3.8) is 0 Å². The lowest BCUT2D eigenvalue weighted by Gasteiger charge is -2.03. The largest absolute Gasteiger partial charge is 0.456 e. The van der Waals surface area contributed by atoms with Gasteiger partial charge < -0.3 is 13.3 Å². The Morgan fingerprint density at radius 3 is 1.70 bits per heavy atom. The number of para-hydroxylation sites is 3. The number of benzene rings is 6. The van der Waals surface area contributed by atoms with E-state index in [1.54, 1.807) is 0 Å². The Hall–Kier alpha value is -5.02. The van der Waals surface area contributed by atoms with Gasteiger partial charge in [0.05, 0.1) is 0 Å². The van der Waals surface area contributed by atoms with Crippen LogP contribution >= 0.6 is 0 Å². The van der Waals surface area contributed by atoms with Crippen molar-refractivity contribution in [3.05, 3.63) is 109 Å². The van der Waals surface area contributed by atoms with E-state index in [9.17, 15) is 0 Å². The molecule has 3 aromatic heterocycles. The summed E-state index contributed by atoms with van der Waals surface area (Å²) in [5.41, 5.74) is 7.49. The van der Waals surface area contributed by atoms with Crippen molar-refractivity contribution < 1.29 is 13.3 Å². The van der Waals surface area contributed by atoms with Crippen LogP contribution in [0.25, 0.3) is 87.7 Å². The van der Waals surface area contributed by atoms with E-state index in [1.807, 2.05) is 30.3 Å². The maximum atomic E-state index is 6.40. The van der Waals surface area contributed by atoms with Gasteiger partial charge in [-0.25, -0.2) is 0 Å².